The summed E-state index contributed by atoms with van der Waals surface area (Å²) in [4.78, 5) is 12.6. The summed E-state index contributed by atoms with van der Waals surface area (Å²) >= 11 is 12.3. The zero-order valence-corrected chi connectivity index (χ0v) is 17.0. The molecule has 4 rings (SSSR count). The Morgan fingerprint density at radius 1 is 1.17 bits per heavy atom. The van der Waals surface area contributed by atoms with Crippen LogP contribution < -0.4 is 5.55 Å². The van der Waals surface area contributed by atoms with Gasteiger partial charge in [0.05, 0.1) is 15.9 Å². The maximum atomic E-state index is 13.4. The predicted molar refractivity (Wildman–Crippen MR) is 106 cm³/mol. The molecular weight excluding hydrogens is 442 g/mol. The van der Waals surface area contributed by atoms with Gasteiger partial charge in [-0.15, -0.1) is 0 Å². The highest BCUT2D eigenvalue weighted by atomic mass is 35.5. The summed E-state index contributed by atoms with van der Waals surface area (Å²) in [5.41, 5.74) is 0.129. The minimum atomic E-state index is -4.69. The van der Waals surface area contributed by atoms with E-state index < -0.39 is 11.9 Å². The smallest absolute Gasteiger partial charge is 0.418 e. The van der Waals surface area contributed by atoms with Crippen LogP contribution in [-0.4, -0.2) is 26.8 Å². The van der Waals surface area contributed by atoms with E-state index in [4.69, 9.17) is 27.6 Å². The van der Waals surface area contributed by atoms with Gasteiger partial charge in [0.2, 0.25) is 11.4 Å². The average Bonchev–Trinajstić information content (AvgIpc) is 3.13. The van der Waals surface area contributed by atoms with Crippen molar-refractivity contribution >= 4 is 34.1 Å². The fourth-order valence-corrected chi connectivity index (χ4v) is 3.43. The van der Waals surface area contributed by atoms with Gasteiger partial charge in [-0.1, -0.05) is 23.2 Å². The van der Waals surface area contributed by atoms with Crippen LogP contribution >= 0.6 is 23.2 Å². The second kappa shape index (κ2) is 7.41. The lowest BCUT2D eigenvalue weighted by atomic mass is 10.1. The van der Waals surface area contributed by atoms with Crippen molar-refractivity contribution in [2.24, 2.45) is 4.99 Å². The number of benzene rings is 1. The van der Waals surface area contributed by atoms with Crippen LogP contribution in [-0.2, 0) is 6.18 Å². The van der Waals surface area contributed by atoms with E-state index in [1.807, 2.05) is 0 Å². The number of nitrogens with zero attached hydrogens (tertiary/aromatic N) is 5. The van der Waals surface area contributed by atoms with Crippen LogP contribution in [0.2, 0.25) is 10.0 Å². The van der Waals surface area contributed by atoms with Gasteiger partial charge in [0.15, 0.2) is 11.5 Å². The van der Waals surface area contributed by atoms with Crippen molar-refractivity contribution in [2.45, 2.75) is 13.1 Å². The molecule has 154 valence electrons. The van der Waals surface area contributed by atoms with Crippen LogP contribution in [0.4, 0.5) is 13.2 Å². The van der Waals surface area contributed by atoms with Gasteiger partial charge in [-0.25, -0.2) is 14.6 Å². The van der Waals surface area contributed by atoms with Crippen LogP contribution in [0.3, 0.4) is 0 Å². The highest BCUT2D eigenvalue weighted by Gasteiger charge is 2.36. The summed E-state index contributed by atoms with van der Waals surface area (Å²) in [7, 11) is 1.49. The van der Waals surface area contributed by atoms with Gasteiger partial charge in [0, 0.05) is 24.3 Å². The molecule has 6 nitrogen and oxygen atoms in total. The summed E-state index contributed by atoms with van der Waals surface area (Å²) < 4.78 is 46.9. The van der Waals surface area contributed by atoms with Gasteiger partial charge in [-0.2, -0.15) is 18.3 Å². The number of aryl methyl sites for hydroxylation is 1. The molecule has 0 aliphatic carbocycles. The van der Waals surface area contributed by atoms with Crippen molar-refractivity contribution in [2.75, 3.05) is 7.05 Å². The Kier molecular flexibility index (Phi) is 5.03. The first-order chi connectivity index (χ1) is 14.2. The molecule has 30 heavy (non-hydrogen) atoms. The van der Waals surface area contributed by atoms with Gasteiger partial charge in [0.1, 0.15) is 5.69 Å². The van der Waals surface area contributed by atoms with Crippen LogP contribution in [0, 0.1) is 6.92 Å². The molecule has 0 fully saturated rings. The lowest BCUT2D eigenvalue weighted by Crippen LogP contribution is -2.10. The minimum Gasteiger partial charge on any atom is -0.418 e. The maximum Gasteiger partial charge on any atom is 0.435 e. The van der Waals surface area contributed by atoms with E-state index >= 15 is 0 Å². The standard InChI is InChI=1S/C19H12Cl2F3N5O/c1-9-6-10(20)7-11-15(9)27-18(30-17(11)25-2)13-8-14(19(22,23)24)28-29(13)16-12(21)4-3-5-26-16/h3-8H,1-2H3. The number of hydrogen-bond acceptors (Lipinski definition) is 5. The van der Waals surface area contributed by atoms with E-state index in [0.717, 1.165) is 10.7 Å². The zero-order valence-electron chi connectivity index (χ0n) is 15.5. The number of alkyl halides is 3. The van der Waals surface area contributed by atoms with Gasteiger partial charge in [0.25, 0.3) is 0 Å². The molecule has 0 atom stereocenters. The minimum absolute atomic E-state index is 0.00424. The third-order valence-corrected chi connectivity index (χ3v) is 4.78. The predicted octanol–water partition coefficient (Wildman–Crippen LogP) is 5.24. The van der Waals surface area contributed by atoms with Gasteiger partial charge >= 0.3 is 6.18 Å². The Morgan fingerprint density at radius 2 is 1.93 bits per heavy atom. The Balaban J connectivity index is 2.07. The summed E-state index contributed by atoms with van der Waals surface area (Å²) in [5, 5.41) is 4.75. The number of fused-ring (bicyclic) bond motifs is 1. The van der Waals surface area contributed by atoms with E-state index in [0.29, 0.717) is 21.5 Å². The van der Waals surface area contributed by atoms with Crippen molar-refractivity contribution in [1.82, 2.24) is 19.7 Å². The fraction of sp³-hybridized carbons (Fsp3) is 0.158. The first-order valence-corrected chi connectivity index (χ1v) is 9.27. The molecular formula is C19H12Cl2F3N5O. The lowest BCUT2D eigenvalue weighted by molar-refractivity contribution is -0.141. The normalized spacial score (nSPS) is 12.7. The largest absolute Gasteiger partial charge is 0.435 e. The topological polar surface area (TPSA) is 69.1 Å². The Hall–Kier alpha value is -2.91. The summed E-state index contributed by atoms with van der Waals surface area (Å²) in [6.45, 7) is 1.78. The Bertz CT molecular complexity index is 1340. The summed E-state index contributed by atoms with van der Waals surface area (Å²) in [6.07, 6.45) is -3.30. The highest BCUT2D eigenvalue weighted by Crippen LogP contribution is 2.34. The lowest BCUT2D eigenvalue weighted by Gasteiger charge is -2.09. The van der Waals surface area contributed by atoms with Crippen LogP contribution in [0.5, 0.6) is 0 Å². The molecule has 1 aromatic carbocycles. The quantitative estimate of drug-likeness (QED) is 0.416. The maximum absolute atomic E-state index is 13.4. The van der Waals surface area contributed by atoms with E-state index in [1.165, 1.54) is 19.3 Å². The molecule has 4 aromatic rings. The molecule has 0 saturated carbocycles. The van der Waals surface area contributed by atoms with Crippen LogP contribution in [0.15, 0.2) is 45.9 Å². The molecule has 0 aliphatic heterocycles. The third kappa shape index (κ3) is 3.54. The molecule has 0 spiro atoms. The second-order valence-corrected chi connectivity index (χ2v) is 7.14. The summed E-state index contributed by atoms with van der Waals surface area (Å²) in [6, 6.07) is 7.19. The number of halogens is 5. The highest BCUT2D eigenvalue weighted by molar-refractivity contribution is 6.32. The molecule has 0 amide bonds. The monoisotopic (exact) mass is 453 g/mol. The molecule has 3 aromatic heterocycles. The molecule has 0 bridgehead atoms. The number of hydrogen-bond donors (Lipinski definition) is 0. The number of pyridine rings is 1. The molecule has 0 aliphatic rings. The molecule has 0 N–H and O–H groups in total. The molecule has 0 unspecified atom stereocenters. The second-order valence-electron chi connectivity index (χ2n) is 6.30. The zero-order chi connectivity index (χ0) is 21.6. The molecule has 0 saturated heterocycles. The van der Waals surface area contributed by atoms with Gasteiger partial charge in [-0.3, -0.25) is 4.99 Å². The Labute approximate surface area is 177 Å². The first-order valence-electron chi connectivity index (χ1n) is 8.51. The number of rotatable bonds is 2. The molecule has 0 radical (unpaired) electrons. The van der Waals surface area contributed by atoms with Crippen molar-refractivity contribution in [3.63, 3.8) is 0 Å². The van der Waals surface area contributed by atoms with Crippen molar-refractivity contribution in [3.8, 4) is 17.4 Å². The Morgan fingerprint density at radius 3 is 2.60 bits per heavy atom. The fourth-order valence-electron chi connectivity index (χ4n) is 2.96. The van der Waals surface area contributed by atoms with E-state index in [-0.39, 0.29) is 28.0 Å². The third-order valence-electron chi connectivity index (χ3n) is 4.26. The van der Waals surface area contributed by atoms with Crippen molar-refractivity contribution in [1.29, 1.82) is 0 Å². The average molecular weight is 454 g/mol. The van der Waals surface area contributed by atoms with Crippen LogP contribution in [0.25, 0.3) is 28.3 Å². The first kappa shape index (κ1) is 20.4. The number of aromatic nitrogens is 4. The van der Waals surface area contributed by atoms with Crippen molar-refractivity contribution in [3.05, 3.63) is 63.4 Å². The van der Waals surface area contributed by atoms with Gasteiger partial charge < -0.3 is 4.42 Å². The van der Waals surface area contributed by atoms with Crippen LogP contribution in [0.1, 0.15) is 11.3 Å². The van der Waals surface area contributed by atoms with E-state index in [9.17, 15) is 13.2 Å². The summed E-state index contributed by atoms with van der Waals surface area (Å²) in [5.74, 6) is -0.122. The molecule has 11 heteroatoms. The van der Waals surface area contributed by atoms with E-state index in [2.05, 4.69) is 20.1 Å². The molecule has 3 heterocycles. The van der Waals surface area contributed by atoms with E-state index in [1.54, 1.807) is 25.1 Å². The van der Waals surface area contributed by atoms with Crippen molar-refractivity contribution < 1.29 is 17.6 Å². The van der Waals surface area contributed by atoms with Gasteiger partial charge in [-0.05, 0) is 36.8 Å². The SMILES string of the molecule is CN=c1oc(-c2cc(C(F)(F)F)nn2-c2ncccc2Cl)nc2c(C)cc(Cl)cc12.